The molecule has 0 fully saturated rings. The molecular weight excluding hydrogens is 324 g/mol. The smallest absolute Gasteiger partial charge is 0.315 e. The van der Waals surface area contributed by atoms with Crippen molar-refractivity contribution in [2.24, 2.45) is 0 Å². The Hall–Kier alpha value is -2.05. The summed E-state index contributed by atoms with van der Waals surface area (Å²) in [5.41, 5.74) is 1.88. The number of amides is 2. The molecule has 0 bridgehead atoms. The maximum atomic E-state index is 11.8. The van der Waals surface area contributed by atoms with Crippen LogP contribution >= 0.6 is 11.3 Å². The topological polar surface area (TPSA) is 70.6 Å². The molecule has 2 amide bonds. The van der Waals surface area contributed by atoms with E-state index in [0.29, 0.717) is 17.9 Å². The van der Waals surface area contributed by atoms with E-state index in [1.54, 1.807) is 17.4 Å². The van der Waals surface area contributed by atoms with Crippen molar-refractivity contribution in [1.82, 2.24) is 10.6 Å². The number of nitrogens with one attached hydrogen (secondary N) is 2. The van der Waals surface area contributed by atoms with Gasteiger partial charge in [0.05, 0.1) is 18.8 Å². The number of rotatable bonds is 7. The first-order chi connectivity index (χ1) is 11.5. The summed E-state index contributed by atoms with van der Waals surface area (Å²) in [7, 11) is 0. The lowest BCUT2D eigenvalue weighted by Crippen LogP contribution is -2.37. The van der Waals surface area contributed by atoms with Crippen LogP contribution in [0.2, 0.25) is 0 Å². The van der Waals surface area contributed by atoms with Gasteiger partial charge in [0.2, 0.25) is 0 Å². The summed E-state index contributed by atoms with van der Waals surface area (Å²) >= 11 is 1.61. The average molecular weight is 348 g/mol. The van der Waals surface area contributed by atoms with Crippen molar-refractivity contribution in [1.29, 1.82) is 0 Å². The lowest BCUT2D eigenvalue weighted by Gasteiger charge is -2.15. The van der Waals surface area contributed by atoms with Gasteiger partial charge in [-0.15, -0.1) is 11.3 Å². The monoisotopic (exact) mass is 348 g/mol. The number of thiophene rings is 1. The van der Waals surface area contributed by atoms with E-state index in [1.807, 2.05) is 50.4 Å². The van der Waals surface area contributed by atoms with Gasteiger partial charge in [0.1, 0.15) is 5.75 Å². The third-order valence-electron chi connectivity index (χ3n) is 3.45. The average Bonchev–Trinajstić information content (AvgIpc) is 2.95. The van der Waals surface area contributed by atoms with Crippen molar-refractivity contribution >= 4 is 17.4 Å². The zero-order valence-electron chi connectivity index (χ0n) is 14.2. The summed E-state index contributed by atoms with van der Waals surface area (Å²) in [6.45, 7) is 6.54. The number of hydrogen-bond acceptors (Lipinski definition) is 4. The van der Waals surface area contributed by atoms with E-state index < -0.39 is 6.10 Å². The van der Waals surface area contributed by atoms with Crippen LogP contribution in [0.4, 0.5) is 4.79 Å². The number of carbonyl (C=O) groups excluding carboxylic acids is 1. The fourth-order valence-electron chi connectivity index (χ4n) is 2.18. The first kappa shape index (κ1) is 18.3. The van der Waals surface area contributed by atoms with Crippen molar-refractivity contribution in [3.05, 3.63) is 51.7 Å². The molecular formula is C18H24N2O3S. The van der Waals surface area contributed by atoms with Gasteiger partial charge in [-0.3, -0.25) is 0 Å². The van der Waals surface area contributed by atoms with Crippen LogP contribution in [-0.2, 0) is 6.54 Å². The zero-order valence-corrected chi connectivity index (χ0v) is 15.0. The van der Waals surface area contributed by atoms with Gasteiger partial charge in [0.15, 0.2) is 0 Å². The molecule has 2 aromatic rings. The van der Waals surface area contributed by atoms with Crippen LogP contribution in [0.5, 0.6) is 5.75 Å². The fourth-order valence-corrected chi connectivity index (χ4v) is 3.03. The molecule has 0 saturated carbocycles. The van der Waals surface area contributed by atoms with E-state index >= 15 is 0 Å². The molecule has 1 aromatic heterocycles. The third-order valence-corrected chi connectivity index (χ3v) is 4.47. The van der Waals surface area contributed by atoms with E-state index in [2.05, 4.69) is 10.6 Å². The minimum Gasteiger partial charge on any atom is -0.491 e. The van der Waals surface area contributed by atoms with E-state index in [1.165, 1.54) is 5.56 Å². The van der Waals surface area contributed by atoms with E-state index in [4.69, 9.17) is 4.74 Å². The third kappa shape index (κ3) is 5.54. The first-order valence-electron chi connectivity index (χ1n) is 7.95. The number of aryl methyl sites for hydroxylation is 1. The zero-order chi connectivity index (χ0) is 17.5. The molecule has 24 heavy (non-hydrogen) atoms. The van der Waals surface area contributed by atoms with Gasteiger partial charge in [-0.2, -0.15) is 0 Å². The Balaban J connectivity index is 1.80. The highest BCUT2D eigenvalue weighted by Crippen LogP contribution is 2.20. The Morgan fingerprint density at radius 1 is 1.29 bits per heavy atom. The summed E-state index contributed by atoms with van der Waals surface area (Å²) < 4.78 is 5.61. The maximum absolute atomic E-state index is 11.8. The predicted molar refractivity (Wildman–Crippen MR) is 96.5 cm³/mol. The Labute approximate surface area is 146 Å². The minimum atomic E-state index is -0.782. The second-order valence-corrected chi connectivity index (χ2v) is 6.85. The quantitative estimate of drug-likeness (QED) is 0.718. The standard InChI is InChI=1S/C18H24N2O3S/c1-12(2)23-15-6-4-5-14(9-15)16(21)10-19-18(22)20-11-17-13(3)7-8-24-17/h4-9,12,16,21H,10-11H2,1-3H3,(H2,19,20,22). The molecule has 1 aromatic carbocycles. The molecule has 0 spiro atoms. The van der Waals surface area contributed by atoms with Gasteiger partial charge in [-0.25, -0.2) is 4.79 Å². The lowest BCUT2D eigenvalue weighted by molar-refractivity contribution is 0.172. The van der Waals surface area contributed by atoms with Crippen molar-refractivity contribution in [2.45, 2.75) is 39.5 Å². The fraction of sp³-hybridized carbons (Fsp3) is 0.389. The molecule has 1 heterocycles. The number of carbonyl (C=O) groups is 1. The van der Waals surface area contributed by atoms with Crippen LogP contribution in [0, 0.1) is 6.92 Å². The van der Waals surface area contributed by atoms with Gasteiger partial charge in [0, 0.05) is 11.4 Å². The molecule has 0 saturated heterocycles. The molecule has 1 atom stereocenters. The highest BCUT2D eigenvalue weighted by atomic mass is 32.1. The normalized spacial score (nSPS) is 12.0. The first-order valence-corrected chi connectivity index (χ1v) is 8.83. The Morgan fingerprint density at radius 3 is 2.75 bits per heavy atom. The molecule has 1 unspecified atom stereocenters. The number of hydrogen-bond donors (Lipinski definition) is 3. The molecule has 0 aliphatic carbocycles. The molecule has 0 radical (unpaired) electrons. The van der Waals surface area contributed by atoms with Crippen LogP contribution in [0.25, 0.3) is 0 Å². The van der Waals surface area contributed by atoms with Gasteiger partial charge < -0.3 is 20.5 Å². The van der Waals surface area contributed by atoms with Crippen molar-refractivity contribution in [3.63, 3.8) is 0 Å². The Morgan fingerprint density at radius 2 is 2.08 bits per heavy atom. The highest BCUT2D eigenvalue weighted by Gasteiger charge is 2.11. The van der Waals surface area contributed by atoms with E-state index in [0.717, 1.165) is 4.88 Å². The second-order valence-electron chi connectivity index (χ2n) is 5.85. The Kier molecular flexibility index (Phi) is 6.63. The number of benzene rings is 1. The lowest BCUT2D eigenvalue weighted by atomic mass is 10.1. The molecule has 2 rings (SSSR count). The van der Waals surface area contributed by atoms with Crippen LogP contribution in [0.1, 0.15) is 36.0 Å². The van der Waals surface area contributed by atoms with E-state index in [9.17, 15) is 9.90 Å². The number of aliphatic hydroxyl groups is 1. The summed E-state index contributed by atoms with van der Waals surface area (Å²) in [4.78, 5) is 13.0. The molecule has 3 N–H and O–H groups in total. The molecule has 6 heteroatoms. The molecule has 0 aliphatic heterocycles. The van der Waals surface area contributed by atoms with Crippen LogP contribution in [0.3, 0.4) is 0 Å². The summed E-state index contributed by atoms with van der Waals surface area (Å²) in [5.74, 6) is 0.708. The molecule has 5 nitrogen and oxygen atoms in total. The largest absolute Gasteiger partial charge is 0.491 e. The van der Waals surface area contributed by atoms with Gasteiger partial charge in [-0.1, -0.05) is 12.1 Å². The number of ether oxygens (including phenoxy) is 1. The van der Waals surface area contributed by atoms with Gasteiger partial charge >= 0.3 is 6.03 Å². The van der Waals surface area contributed by atoms with Crippen molar-refractivity contribution in [3.8, 4) is 5.75 Å². The van der Waals surface area contributed by atoms with Crippen molar-refractivity contribution in [2.75, 3.05) is 6.54 Å². The Bertz CT molecular complexity index is 670. The molecule has 130 valence electrons. The van der Waals surface area contributed by atoms with Crippen LogP contribution in [0.15, 0.2) is 35.7 Å². The minimum absolute atomic E-state index is 0.0713. The maximum Gasteiger partial charge on any atom is 0.315 e. The summed E-state index contributed by atoms with van der Waals surface area (Å²) in [6, 6.07) is 9.01. The predicted octanol–water partition coefficient (Wildman–Crippen LogP) is 3.38. The van der Waals surface area contributed by atoms with Crippen molar-refractivity contribution < 1.29 is 14.6 Å². The van der Waals surface area contributed by atoms with Crippen LogP contribution in [-0.4, -0.2) is 23.8 Å². The van der Waals surface area contributed by atoms with E-state index in [-0.39, 0.29) is 18.7 Å². The molecule has 0 aliphatic rings. The summed E-state index contributed by atoms with van der Waals surface area (Å²) in [6.07, 6.45) is -0.711. The van der Waals surface area contributed by atoms with Gasteiger partial charge in [0.25, 0.3) is 0 Å². The van der Waals surface area contributed by atoms with Gasteiger partial charge in [-0.05, 0) is 55.5 Å². The SMILES string of the molecule is Cc1ccsc1CNC(=O)NCC(O)c1cccc(OC(C)C)c1. The summed E-state index contributed by atoms with van der Waals surface area (Å²) in [5, 5.41) is 17.7. The number of urea groups is 1. The highest BCUT2D eigenvalue weighted by molar-refractivity contribution is 7.10. The number of aliphatic hydroxyl groups excluding tert-OH is 1. The second kappa shape index (κ2) is 8.70. The van der Waals surface area contributed by atoms with Crippen LogP contribution < -0.4 is 15.4 Å².